The van der Waals surface area contributed by atoms with Gasteiger partial charge in [0.15, 0.2) is 0 Å². The van der Waals surface area contributed by atoms with Crippen molar-refractivity contribution >= 4 is 20.9 Å². The molecule has 6 heteroatoms. The number of piperidine rings is 1. The Morgan fingerprint density at radius 2 is 1.73 bits per heavy atom. The van der Waals surface area contributed by atoms with Gasteiger partial charge in [-0.05, 0) is 48.1 Å². The molecular formula is C20H21FN2O2S. The molecule has 0 spiro atoms. The van der Waals surface area contributed by atoms with Crippen molar-refractivity contribution in [2.75, 3.05) is 13.1 Å². The van der Waals surface area contributed by atoms with Crippen molar-refractivity contribution in [3.63, 3.8) is 0 Å². The molecule has 0 saturated carbocycles. The molecule has 1 fully saturated rings. The highest BCUT2D eigenvalue weighted by Gasteiger charge is 2.29. The molecule has 3 aromatic rings. The van der Waals surface area contributed by atoms with Gasteiger partial charge in [-0.2, -0.15) is 0 Å². The van der Waals surface area contributed by atoms with Gasteiger partial charge in [0, 0.05) is 30.2 Å². The fourth-order valence-electron chi connectivity index (χ4n) is 3.76. The van der Waals surface area contributed by atoms with Crippen LogP contribution in [-0.4, -0.2) is 30.8 Å². The van der Waals surface area contributed by atoms with E-state index in [1.807, 2.05) is 12.1 Å². The summed E-state index contributed by atoms with van der Waals surface area (Å²) in [6.07, 6.45) is 3.67. The minimum atomic E-state index is -3.38. The number of fused-ring (bicyclic) bond motifs is 1. The number of H-pyrrole nitrogens is 1. The Labute approximate surface area is 152 Å². The van der Waals surface area contributed by atoms with Gasteiger partial charge in [0.2, 0.25) is 10.0 Å². The Bertz CT molecular complexity index is 1000. The molecule has 0 amide bonds. The fourth-order valence-corrected chi connectivity index (χ4v) is 5.32. The van der Waals surface area contributed by atoms with E-state index in [-0.39, 0.29) is 11.6 Å². The van der Waals surface area contributed by atoms with Crippen molar-refractivity contribution in [1.82, 2.24) is 9.29 Å². The number of hydrogen-bond acceptors (Lipinski definition) is 2. The predicted molar refractivity (Wildman–Crippen MR) is 101 cm³/mol. The van der Waals surface area contributed by atoms with Crippen LogP contribution >= 0.6 is 0 Å². The molecule has 2 heterocycles. The second-order valence-corrected chi connectivity index (χ2v) is 8.81. The van der Waals surface area contributed by atoms with E-state index in [1.54, 1.807) is 4.31 Å². The number of aromatic nitrogens is 1. The van der Waals surface area contributed by atoms with E-state index in [4.69, 9.17) is 0 Å². The summed E-state index contributed by atoms with van der Waals surface area (Å²) in [5.41, 5.74) is 3.01. The van der Waals surface area contributed by atoms with Gasteiger partial charge in [-0.3, -0.25) is 0 Å². The Kier molecular flexibility index (Phi) is 4.54. The Morgan fingerprint density at radius 3 is 2.46 bits per heavy atom. The molecule has 0 radical (unpaired) electrons. The van der Waals surface area contributed by atoms with E-state index < -0.39 is 10.0 Å². The van der Waals surface area contributed by atoms with Crippen LogP contribution in [-0.2, 0) is 15.8 Å². The van der Waals surface area contributed by atoms with Crippen molar-refractivity contribution in [2.24, 2.45) is 0 Å². The summed E-state index contributed by atoms with van der Waals surface area (Å²) in [6, 6.07) is 13.9. The van der Waals surface area contributed by atoms with Crippen molar-refractivity contribution in [3.8, 4) is 0 Å². The third kappa shape index (κ3) is 3.39. The van der Waals surface area contributed by atoms with Crippen LogP contribution in [0.3, 0.4) is 0 Å². The number of benzene rings is 2. The maximum Gasteiger partial charge on any atom is 0.218 e. The van der Waals surface area contributed by atoms with Crippen molar-refractivity contribution in [2.45, 2.75) is 24.5 Å². The number of nitrogens with one attached hydrogen (secondary N) is 1. The molecule has 136 valence electrons. The first kappa shape index (κ1) is 17.2. The van der Waals surface area contributed by atoms with E-state index >= 15 is 0 Å². The summed E-state index contributed by atoms with van der Waals surface area (Å²) in [5.74, 6) is -0.0699. The van der Waals surface area contributed by atoms with E-state index in [0.717, 1.165) is 18.4 Å². The zero-order chi connectivity index (χ0) is 18.1. The third-order valence-electron chi connectivity index (χ3n) is 5.17. The van der Waals surface area contributed by atoms with E-state index in [9.17, 15) is 12.8 Å². The van der Waals surface area contributed by atoms with Crippen LogP contribution in [0.4, 0.5) is 4.39 Å². The van der Waals surface area contributed by atoms with Crippen LogP contribution in [0.2, 0.25) is 0 Å². The van der Waals surface area contributed by atoms with Crippen LogP contribution in [0, 0.1) is 5.82 Å². The molecule has 1 aliphatic rings. The van der Waals surface area contributed by atoms with Crippen LogP contribution in [0.25, 0.3) is 10.9 Å². The van der Waals surface area contributed by atoms with Crippen LogP contribution < -0.4 is 0 Å². The molecule has 1 aromatic heterocycles. The number of halogens is 1. The quantitative estimate of drug-likeness (QED) is 0.752. The van der Waals surface area contributed by atoms with Gasteiger partial charge in [-0.1, -0.05) is 30.3 Å². The molecule has 0 atom stereocenters. The first-order chi connectivity index (χ1) is 12.5. The molecular weight excluding hydrogens is 351 g/mol. The topological polar surface area (TPSA) is 53.2 Å². The van der Waals surface area contributed by atoms with Gasteiger partial charge in [-0.25, -0.2) is 17.1 Å². The van der Waals surface area contributed by atoms with Crippen LogP contribution in [0.1, 0.15) is 29.9 Å². The smallest absolute Gasteiger partial charge is 0.218 e. The summed E-state index contributed by atoms with van der Waals surface area (Å²) in [6.45, 7) is 1.04. The van der Waals surface area contributed by atoms with E-state index in [0.29, 0.717) is 24.6 Å². The third-order valence-corrected chi connectivity index (χ3v) is 7.02. The Balaban J connectivity index is 1.45. The first-order valence-corrected chi connectivity index (χ1v) is 10.4. The molecule has 4 rings (SSSR count). The van der Waals surface area contributed by atoms with Gasteiger partial charge in [0.05, 0.1) is 5.75 Å². The highest BCUT2D eigenvalue weighted by molar-refractivity contribution is 7.88. The number of nitrogens with zero attached hydrogens (tertiary/aromatic N) is 1. The highest BCUT2D eigenvalue weighted by Crippen LogP contribution is 2.34. The zero-order valence-electron chi connectivity index (χ0n) is 14.4. The lowest BCUT2D eigenvalue weighted by Crippen LogP contribution is -2.38. The van der Waals surface area contributed by atoms with Gasteiger partial charge in [0.25, 0.3) is 0 Å². The van der Waals surface area contributed by atoms with Crippen molar-refractivity contribution in [1.29, 1.82) is 0 Å². The number of para-hydroxylation sites is 1. The maximum atomic E-state index is 13.0. The lowest BCUT2D eigenvalue weighted by atomic mass is 9.90. The molecule has 4 nitrogen and oxygen atoms in total. The Morgan fingerprint density at radius 1 is 1.04 bits per heavy atom. The molecule has 0 bridgehead atoms. The minimum Gasteiger partial charge on any atom is -0.361 e. The van der Waals surface area contributed by atoms with Gasteiger partial charge in [-0.15, -0.1) is 0 Å². The second kappa shape index (κ2) is 6.85. The average Bonchev–Trinajstić information content (AvgIpc) is 3.08. The maximum absolute atomic E-state index is 13.0. The van der Waals surface area contributed by atoms with Gasteiger partial charge < -0.3 is 4.98 Å². The summed E-state index contributed by atoms with van der Waals surface area (Å²) in [7, 11) is -3.38. The molecule has 1 N–H and O–H groups in total. The van der Waals surface area contributed by atoms with Crippen LogP contribution in [0.5, 0.6) is 0 Å². The molecule has 1 aliphatic heterocycles. The highest BCUT2D eigenvalue weighted by atomic mass is 32.2. The summed E-state index contributed by atoms with van der Waals surface area (Å²) < 4.78 is 39.9. The lowest BCUT2D eigenvalue weighted by molar-refractivity contribution is 0.320. The summed E-state index contributed by atoms with van der Waals surface area (Å²) in [4.78, 5) is 3.30. The number of rotatable bonds is 4. The van der Waals surface area contributed by atoms with Crippen LogP contribution in [0.15, 0.2) is 54.7 Å². The summed E-state index contributed by atoms with van der Waals surface area (Å²) >= 11 is 0. The number of sulfonamides is 1. The minimum absolute atomic E-state index is 0.0783. The Hall–Kier alpha value is -2.18. The molecule has 26 heavy (non-hydrogen) atoms. The largest absolute Gasteiger partial charge is 0.361 e. The second-order valence-electron chi connectivity index (χ2n) is 6.85. The van der Waals surface area contributed by atoms with Crippen molar-refractivity contribution in [3.05, 3.63) is 71.7 Å². The zero-order valence-corrected chi connectivity index (χ0v) is 15.2. The molecule has 2 aromatic carbocycles. The van der Waals surface area contributed by atoms with Gasteiger partial charge >= 0.3 is 0 Å². The lowest BCUT2D eigenvalue weighted by Gasteiger charge is -2.31. The van der Waals surface area contributed by atoms with E-state index in [2.05, 4.69) is 23.3 Å². The number of hydrogen-bond donors (Lipinski definition) is 1. The SMILES string of the molecule is O=S(=O)(Cc1ccc(F)cc1)N1CCC(c2c[nH]c3ccccc23)CC1. The normalized spacial score (nSPS) is 17.0. The molecule has 0 unspecified atom stereocenters. The van der Waals surface area contributed by atoms with Crippen molar-refractivity contribution < 1.29 is 12.8 Å². The first-order valence-electron chi connectivity index (χ1n) is 8.81. The van der Waals surface area contributed by atoms with E-state index in [1.165, 1.54) is 35.2 Å². The summed E-state index contributed by atoms with van der Waals surface area (Å²) in [5, 5.41) is 1.22. The monoisotopic (exact) mass is 372 g/mol. The standard InChI is InChI=1S/C20H21FN2O2S/c21-17-7-5-15(6-8-17)14-26(24,25)23-11-9-16(10-12-23)19-13-22-20-4-2-1-3-18(19)20/h1-8,13,16,22H,9-12,14H2. The predicted octanol–water partition coefficient (Wildman–Crippen LogP) is 4.02. The number of aromatic amines is 1. The molecule has 0 aliphatic carbocycles. The molecule has 1 saturated heterocycles. The average molecular weight is 372 g/mol. The van der Waals surface area contributed by atoms with Gasteiger partial charge in [0.1, 0.15) is 5.82 Å². The fraction of sp³-hybridized carbons (Fsp3) is 0.300.